The quantitative estimate of drug-likeness (QED) is 0.673. The number of aromatic hydroxyl groups is 1. The van der Waals surface area contributed by atoms with Crippen molar-refractivity contribution in [2.45, 2.75) is 32.6 Å². The lowest BCUT2D eigenvalue weighted by Crippen LogP contribution is -2.21. The summed E-state index contributed by atoms with van der Waals surface area (Å²) in [6.07, 6.45) is 5.71. The zero-order chi connectivity index (χ0) is 19.1. The minimum atomic E-state index is -0.148. The number of hydrogen-bond donors (Lipinski definition) is 1. The molecule has 0 saturated heterocycles. The third-order valence-corrected chi connectivity index (χ3v) is 6.20. The lowest BCUT2D eigenvalue weighted by molar-refractivity contribution is 0.373. The molecule has 4 rings (SSSR count). The van der Waals surface area contributed by atoms with E-state index < -0.39 is 0 Å². The van der Waals surface area contributed by atoms with Crippen molar-refractivity contribution < 1.29 is 9.84 Å². The molecule has 27 heavy (non-hydrogen) atoms. The summed E-state index contributed by atoms with van der Waals surface area (Å²) in [7, 11) is 1.44. The molecule has 0 bridgehead atoms. The van der Waals surface area contributed by atoms with Gasteiger partial charge in [0.2, 0.25) is 0 Å². The SMILES string of the molecule is COc1cc(/C=N/n2c(C)nc3sc4c(c3c2=O)CCCC4)cc(Cl)c1O. The molecule has 0 fully saturated rings. The highest BCUT2D eigenvalue weighted by Gasteiger charge is 2.21. The fourth-order valence-electron chi connectivity index (χ4n) is 3.38. The van der Waals surface area contributed by atoms with Crippen molar-refractivity contribution in [2.75, 3.05) is 7.11 Å². The van der Waals surface area contributed by atoms with Crippen LogP contribution >= 0.6 is 22.9 Å². The number of methoxy groups -OCH3 is 1. The average Bonchev–Trinajstić information content (AvgIpc) is 3.02. The smallest absolute Gasteiger partial charge is 0.283 e. The van der Waals surface area contributed by atoms with Crippen LogP contribution in [0.25, 0.3) is 10.2 Å². The van der Waals surface area contributed by atoms with E-state index in [4.69, 9.17) is 16.3 Å². The largest absolute Gasteiger partial charge is 0.503 e. The number of hydrogen-bond acceptors (Lipinski definition) is 6. The first-order valence-corrected chi connectivity index (χ1v) is 9.83. The van der Waals surface area contributed by atoms with Gasteiger partial charge in [0.25, 0.3) is 5.56 Å². The Bertz CT molecular complexity index is 1130. The highest BCUT2D eigenvalue weighted by molar-refractivity contribution is 7.18. The van der Waals surface area contributed by atoms with E-state index in [0.29, 0.717) is 16.8 Å². The molecular weight excluding hydrogens is 386 g/mol. The zero-order valence-electron chi connectivity index (χ0n) is 15.0. The Morgan fingerprint density at radius 1 is 1.37 bits per heavy atom. The number of phenols is 1. The monoisotopic (exact) mass is 403 g/mol. The molecule has 1 aliphatic carbocycles. The van der Waals surface area contributed by atoms with E-state index in [1.807, 2.05) is 0 Å². The maximum Gasteiger partial charge on any atom is 0.283 e. The summed E-state index contributed by atoms with van der Waals surface area (Å²) in [4.78, 5) is 19.7. The van der Waals surface area contributed by atoms with Crippen molar-refractivity contribution in [3.8, 4) is 11.5 Å². The average molecular weight is 404 g/mol. The Balaban J connectivity index is 1.81. The van der Waals surface area contributed by atoms with E-state index in [2.05, 4.69) is 10.1 Å². The molecule has 0 atom stereocenters. The molecule has 140 valence electrons. The van der Waals surface area contributed by atoms with Gasteiger partial charge in [-0.3, -0.25) is 4.79 Å². The first-order valence-electron chi connectivity index (χ1n) is 8.64. The first kappa shape index (κ1) is 18.0. The molecule has 2 heterocycles. The van der Waals surface area contributed by atoms with Gasteiger partial charge in [-0.15, -0.1) is 11.3 Å². The van der Waals surface area contributed by atoms with Gasteiger partial charge in [0, 0.05) is 4.88 Å². The van der Waals surface area contributed by atoms with Crippen LogP contribution in [0, 0.1) is 6.92 Å². The molecule has 0 radical (unpaired) electrons. The predicted molar refractivity (Wildman–Crippen MR) is 108 cm³/mol. The highest BCUT2D eigenvalue weighted by Crippen LogP contribution is 2.35. The van der Waals surface area contributed by atoms with Crippen LogP contribution in [-0.2, 0) is 12.8 Å². The maximum atomic E-state index is 13.1. The fourth-order valence-corrected chi connectivity index (χ4v) is 4.90. The number of halogens is 1. The van der Waals surface area contributed by atoms with Crippen LogP contribution in [-0.4, -0.2) is 28.1 Å². The van der Waals surface area contributed by atoms with Crippen molar-refractivity contribution >= 4 is 39.4 Å². The van der Waals surface area contributed by atoms with Crippen LogP contribution in [0.1, 0.15) is 34.7 Å². The summed E-state index contributed by atoms with van der Waals surface area (Å²) >= 11 is 7.64. The molecule has 0 amide bonds. The van der Waals surface area contributed by atoms with Gasteiger partial charge in [-0.1, -0.05) is 11.6 Å². The number of nitrogens with zero attached hydrogens (tertiary/aromatic N) is 3. The van der Waals surface area contributed by atoms with Crippen LogP contribution in [0.2, 0.25) is 5.02 Å². The van der Waals surface area contributed by atoms with Gasteiger partial charge < -0.3 is 9.84 Å². The summed E-state index contributed by atoms with van der Waals surface area (Å²) < 4.78 is 6.42. The van der Waals surface area contributed by atoms with E-state index >= 15 is 0 Å². The van der Waals surface area contributed by atoms with Gasteiger partial charge in [-0.05, 0) is 55.9 Å². The van der Waals surface area contributed by atoms with Gasteiger partial charge in [0.05, 0.1) is 23.7 Å². The molecule has 6 nitrogen and oxygen atoms in total. The molecular formula is C19H18ClN3O3S. The Morgan fingerprint density at radius 3 is 2.93 bits per heavy atom. The molecule has 0 spiro atoms. The first-order chi connectivity index (χ1) is 13.0. The molecule has 8 heteroatoms. The number of ether oxygens (including phenoxy) is 1. The molecule has 0 aliphatic heterocycles. The zero-order valence-corrected chi connectivity index (χ0v) is 16.5. The number of rotatable bonds is 3. The molecule has 2 aromatic heterocycles. The highest BCUT2D eigenvalue weighted by atomic mass is 35.5. The normalized spacial score (nSPS) is 14.0. The molecule has 1 aliphatic rings. The molecule has 3 aromatic rings. The van der Waals surface area contributed by atoms with Crippen molar-refractivity contribution in [2.24, 2.45) is 5.10 Å². The van der Waals surface area contributed by atoms with Crippen molar-refractivity contribution in [1.29, 1.82) is 0 Å². The summed E-state index contributed by atoms with van der Waals surface area (Å²) in [6, 6.07) is 3.16. The second kappa shape index (κ2) is 6.98. The van der Waals surface area contributed by atoms with E-state index in [1.54, 1.807) is 30.4 Å². The van der Waals surface area contributed by atoms with Crippen molar-refractivity contribution in [1.82, 2.24) is 9.66 Å². The summed E-state index contributed by atoms with van der Waals surface area (Å²) in [5, 5.41) is 15.0. The Kier molecular flexibility index (Phi) is 4.65. The minimum Gasteiger partial charge on any atom is -0.503 e. The number of benzene rings is 1. The molecule has 0 unspecified atom stereocenters. The molecule has 0 saturated carbocycles. The number of aromatic nitrogens is 2. The van der Waals surface area contributed by atoms with Crippen LogP contribution in [0.5, 0.6) is 11.5 Å². The van der Waals surface area contributed by atoms with E-state index in [1.165, 1.54) is 22.9 Å². The Morgan fingerprint density at radius 2 is 2.15 bits per heavy atom. The Labute approximate surface area is 164 Å². The summed E-state index contributed by atoms with van der Waals surface area (Å²) in [6.45, 7) is 1.77. The lowest BCUT2D eigenvalue weighted by atomic mass is 9.97. The third-order valence-electron chi connectivity index (χ3n) is 4.72. The number of phenolic OH excluding ortho intramolecular Hbond substituents is 1. The fraction of sp³-hybridized carbons (Fsp3) is 0.316. The van der Waals surface area contributed by atoms with E-state index in [0.717, 1.165) is 36.1 Å². The third kappa shape index (κ3) is 3.11. The standard InChI is InChI=1S/C19H18ClN3O3S/c1-10-22-18-16(12-5-3-4-6-15(12)27-18)19(25)23(10)21-9-11-7-13(20)17(24)14(8-11)26-2/h7-9,24H,3-6H2,1-2H3/b21-9+. The number of fused-ring (bicyclic) bond motifs is 3. The van der Waals surface area contributed by atoms with Crippen LogP contribution in [0.3, 0.4) is 0 Å². The van der Waals surface area contributed by atoms with Gasteiger partial charge in [0.15, 0.2) is 11.5 Å². The maximum absolute atomic E-state index is 13.1. The van der Waals surface area contributed by atoms with Crippen LogP contribution < -0.4 is 10.3 Å². The Hall–Kier alpha value is -2.38. The lowest BCUT2D eigenvalue weighted by Gasteiger charge is -2.10. The van der Waals surface area contributed by atoms with Crippen molar-refractivity contribution in [3.05, 3.63) is 49.3 Å². The van der Waals surface area contributed by atoms with Gasteiger partial charge in [-0.25, -0.2) is 4.98 Å². The van der Waals surface area contributed by atoms with Gasteiger partial charge in [-0.2, -0.15) is 9.78 Å². The topological polar surface area (TPSA) is 76.7 Å². The summed E-state index contributed by atoms with van der Waals surface area (Å²) in [5.41, 5.74) is 1.59. The van der Waals surface area contributed by atoms with Gasteiger partial charge in [0.1, 0.15) is 10.7 Å². The second-order valence-electron chi connectivity index (χ2n) is 6.47. The second-order valence-corrected chi connectivity index (χ2v) is 7.96. The summed E-state index contributed by atoms with van der Waals surface area (Å²) in [5.74, 6) is 0.644. The van der Waals surface area contributed by atoms with Crippen LogP contribution in [0.15, 0.2) is 22.0 Å². The van der Waals surface area contributed by atoms with Crippen LogP contribution in [0.4, 0.5) is 0 Å². The van der Waals surface area contributed by atoms with E-state index in [9.17, 15) is 9.90 Å². The van der Waals surface area contributed by atoms with E-state index in [-0.39, 0.29) is 22.1 Å². The number of thiophene rings is 1. The van der Waals surface area contributed by atoms with Gasteiger partial charge >= 0.3 is 0 Å². The number of aryl methyl sites for hydroxylation is 3. The predicted octanol–water partition coefficient (Wildman–Crippen LogP) is 3.90. The molecule has 1 N–H and O–H groups in total. The minimum absolute atomic E-state index is 0.127. The molecule has 1 aromatic carbocycles. The van der Waals surface area contributed by atoms with Crippen molar-refractivity contribution in [3.63, 3.8) is 0 Å².